The van der Waals surface area contributed by atoms with Crippen LogP contribution in [0, 0.1) is 23.7 Å². The third-order valence-electron chi connectivity index (χ3n) is 4.10. The predicted octanol–water partition coefficient (Wildman–Crippen LogP) is 3.43. The molecule has 2 aromatic rings. The number of benzene rings is 2. The lowest BCUT2D eigenvalue weighted by molar-refractivity contribution is -0.114. The van der Waals surface area contributed by atoms with E-state index in [1.807, 2.05) is 60.7 Å². The van der Waals surface area contributed by atoms with Gasteiger partial charge in [-0.3, -0.25) is 9.59 Å². The van der Waals surface area contributed by atoms with Crippen molar-refractivity contribution in [2.45, 2.75) is 13.2 Å². The van der Waals surface area contributed by atoms with Crippen LogP contribution in [0.1, 0.15) is 11.1 Å². The maximum atomic E-state index is 12.2. The summed E-state index contributed by atoms with van der Waals surface area (Å²) in [4.78, 5) is 24.3. The SMILES string of the molecule is O=C1C=C(C#CCOCc2ccccc2)C(=O)C=C1C#CCOCc1ccccc1. The summed E-state index contributed by atoms with van der Waals surface area (Å²) in [5.74, 6) is 10.3. The van der Waals surface area contributed by atoms with E-state index in [1.165, 1.54) is 12.2 Å². The normalized spacial score (nSPS) is 12.8. The number of ether oxygens (including phenoxy) is 2. The molecular weight excluding hydrogens is 376 g/mol. The van der Waals surface area contributed by atoms with Gasteiger partial charge in [-0.05, 0) is 11.1 Å². The molecule has 0 N–H and O–H groups in total. The number of hydrogen-bond donors (Lipinski definition) is 0. The van der Waals surface area contributed by atoms with E-state index >= 15 is 0 Å². The number of ketones is 2. The lowest BCUT2D eigenvalue weighted by Gasteiger charge is -2.03. The Bertz CT molecular complexity index is 982. The van der Waals surface area contributed by atoms with Gasteiger partial charge in [0.15, 0.2) is 11.6 Å². The van der Waals surface area contributed by atoms with E-state index in [-0.39, 0.29) is 35.9 Å². The Kier molecular flexibility index (Phi) is 7.94. The van der Waals surface area contributed by atoms with E-state index in [0.717, 1.165) is 11.1 Å². The molecule has 1 aliphatic carbocycles. The van der Waals surface area contributed by atoms with Gasteiger partial charge in [-0.2, -0.15) is 0 Å². The molecule has 1 aliphatic rings. The average molecular weight is 396 g/mol. The fraction of sp³-hybridized carbons (Fsp3) is 0.154. The van der Waals surface area contributed by atoms with Crippen molar-refractivity contribution in [1.29, 1.82) is 0 Å². The zero-order valence-electron chi connectivity index (χ0n) is 16.4. The number of allylic oxidation sites excluding steroid dienone is 4. The maximum Gasteiger partial charge on any atom is 0.195 e. The summed E-state index contributed by atoms with van der Waals surface area (Å²) in [6, 6.07) is 19.4. The van der Waals surface area contributed by atoms with Crippen molar-refractivity contribution in [3.8, 4) is 23.7 Å². The van der Waals surface area contributed by atoms with Crippen LogP contribution in [0.3, 0.4) is 0 Å². The minimum Gasteiger partial charge on any atom is -0.364 e. The van der Waals surface area contributed by atoms with Crippen LogP contribution in [-0.4, -0.2) is 24.8 Å². The molecule has 0 aromatic heterocycles. The first-order chi connectivity index (χ1) is 14.7. The van der Waals surface area contributed by atoms with E-state index in [0.29, 0.717) is 13.2 Å². The summed E-state index contributed by atoms with van der Waals surface area (Å²) in [7, 11) is 0. The van der Waals surface area contributed by atoms with Crippen molar-refractivity contribution < 1.29 is 19.1 Å². The van der Waals surface area contributed by atoms with Gasteiger partial charge in [-0.1, -0.05) is 84.3 Å². The van der Waals surface area contributed by atoms with E-state index in [1.54, 1.807) is 0 Å². The topological polar surface area (TPSA) is 52.6 Å². The first kappa shape index (κ1) is 21.0. The van der Waals surface area contributed by atoms with Crippen LogP contribution in [0.4, 0.5) is 0 Å². The van der Waals surface area contributed by atoms with E-state index in [9.17, 15) is 9.59 Å². The fourth-order valence-corrected chi connectivity index (χ4v) is 2.61. The number of hydrogen-bond acceptors (Lipinski definition) is 4. The molecule has 0 atom stereocenters. The van der Waals surface area contributed by atoms with Crippen molar-refractivity contribution in [1.82, 2.24) is 0 Å². The van der Waals surface area contributed by atoms with E-state index in [2.05, 4.69) is 23.7 Å². The highest BCUT2D eigenvalue weighted by molar-refractivity contribution is 6.23. The summed E-state index contributed by atoms with van der Waals surface area (Å²) in [6.07, 6.45) is 2.45. The standard InChI is InChI=1S/C26H20O4/c27-25-18-24(14-8-16-30-20-22-11-5-2-6-12-22)26(28)17-23(25)13-7-15-29-19-21-9-3-1-4-10-21/h1-6,9-12,17-18H,15-16,19-20H2. The molecule has 0 saturated heterocycles. The van der Waals surface area contributed by atoms with Crippen LogP contribution in [0.2, 0.25) is 0 Å². The summed E-state index contributed by atoms with van der Waals surface area (Å²) < 4.78 is 10.9. The fourth-order valence-electron chi connectivity index (χ4n) is 2.61. The Balaban J connectivity index is 1.45. The summed E-state index contributed by atoms with van der Waals surface area (Å²) in [5, 5.41) is 0. The van der Waals surface area contributed by atoms with Crippen LogP contribution in [0.5, 0.6) is 0 Å². The van der Waals surface area contributed by atoms with Gasteiger partial charge in [0.05, 0.1) is 24.4 Å². The summed E-state index contributed by atoms with van der Waals surface area (Å²) in [5.41, 5.74) is 2.38. The Hall–Kier alpha value is -3.70. The number of rotatable bonds is 6. The molecule has 2 aromatic carbocycles. The Morgan fingerprint density at radius 2 is 1.00 bits per heavy atom. The minimum atomic E-state index is -0.334. The third-order valence-corrected chi connectivity index (χ3v) is 4.10. The van der Waals surface area contributed by atoms with Crippen molar-refractivity contribution in [3.63, 3.8) is 0 Å². The van der Waals surface area contributed by atoms with Crippen LogP contribution >= 0.6 is 0 Å². The van der Waals surface area contributed by atoms with Crippen LogP contribution in [0.25, 0.3) is 0 Å². The van der Waals surface area contributed by atoms with Gasteiger partial charge in [0.25, 0.3) is 0 Å². The molecule has 0 heterocycles. The first-order valence-corrected chi connectivity index (χ1v) is 9.45. The molecule has 0 aliphatic heterocycles. The molecule has 0 unspecified atom stereocenters. The highest BCUT2D eigenvalue weighted by Crippen LogP contribution is 2.10. The molecule has 0 amide bonds. The minimum absolute atomic E-state index is 0.147. The van der Waals surface area contributed by atoms with Gasteiger partial charge in [0, 0.05) is 12.2 Å². The van der Waals surface area contributed by atoms with Crippen LogP contribution in [-0.2, 0) is 32.3 Å². The molecule has 148 valence electrons. The van der Waals surface area contributed by atoms with Crippen molar-refractivity contribution >= 4 is 11.6 Å². The van der Waals surface area contributed by atoms with E-state index < -0.39 is 0 Å². The highest BCUT2D eigenvalue weighted by atomic mass is 16.5. The van der Waals surface area contributed by atoms with Crippen molar-refractivity contribution in [3.05, 3.63) is 95.1 Å². The van der Waals surface area contributed by atoms with Crippen LogP contribution in [0.15, 0.2) is 84.0 Å². The highest BCUT2D eigenvalue weighted by Gasteiger charge is 2.17. The van der Waals surface area contributed by atoms with Gasteiger partial charge < -0.3 is 9.47 Å². The smallest absolute Gasteiger partial charge is 0.195 e. The molecule has 4 nitrogen and oxygen atoms in total. The maximum absolute atomic E-state index is 12.2. The van der Waals surface area contributed by atoms with Gasteiger partial charge in [0.2, 0.25) is 0 Å². The Morgan fingerprint density at radius 3 is 1.40 bits per heavy atom. The largest absolute Gasteiger partial charge is 0.364 e. The number of carbonyl (C=O) groups excluding carboxylic acids is 2. The molecule has 0 bridgehead atoms. The van der Waals surface area contributed by atoms with Crippen LogP contribution < -0.4 is 0 Å². The second-order valence-corrected chi connectivity index (χ2v) is 6.40. The lowest BCUT2D eigenvalue weighted by Crippen LogP contribution is -2.11. The monoisotopic (exact) mass is 396 g/mol. The first-order valence-electron chi connectivity index (χ1n) is 9.45. The Labute approximate surface area is 176 Å². The summed E-state index contributed by atoms with van der Waals surface area (Å²) in [6.45, 7) is 1.21. The number of carbonyl (C=O) groups is 2. The zero-order valence-corrected chi connectivity index (χ0v) is 16.4. The van der Waals surface area contributed by atoms with Gasteiger partial charge in [-0.15, -0.1) is 0 Å². The molecule has 4 heteroatoms. The molecular formula is C26H20O4. The van der Waals surface area contributed by atoms with Crippen molar-refractivity contribution in [2.24, 2.45) is 0 Å². The Morgan fingerprint density at radius 1 is 0.600 bits per heavy atom. The molecule has 30 heavy (non-hydrogen) atoms. The molecule has 0 saturated carbocycles. The average Bonchev–Trinajstić information content (AvgIpc) is 2.77. The van der Waals surface area contributed by atoms with Crippen molar-refractivity contribution in [2.75, 3.05) is 13.2 Å². The molecule has 3 rings (SSSR count). The third kappa shape index (κ3) is 6.72. The zero-order chi connectivity index (χ0) is 21.0. The van der Waals surface area contributed by atoms with Gasteiger partial charge in [0.1, 0.15) is 13.2 Å². The van der Waals surface area contributed by atoms with Gasteiger partial charge >= 0.3 is 0 Å². The molecule has 0 fully saturated rings. The quantitative estimate of drug-likeness (QED) is 0.427. The van der Waals surface area contributed by atoms with E-state index in [4.69, 9.17) is 9.47 Å². The van der Waals surface area contributed by atoms with Gasteiger partial charge in [-0.25, -0.2) is 0 Å². The second-order valence-electron chi connectivity index (χ2n) is 6.40. The molecule has 0 spiro atoms. The lowest BCUT2D eigenvalue weighted by atomic mass is 9.98. The summed E-state index contributed by atoms with van der Waals surface area (Å²) >= 11 is 0. The molecule has 0 radical (unpaired) electrons. The predicted molar refractivity (Wildman–Crippen MR) is 114 cm³/mol. The second kappa shape index (κ2) is 11.3.